The molecule has 6 nitrogen and oxygen atoms in total. The highest BCUT2D eigenvalue weighted by molar-refractivity contribution is 5.91. The molecule has 0 aromatic heterocycles. The summed E-state index contributed by atoms with van der Waals surface area (Å²) < 4.78 is 5.14. The second kappa shape index (κ2) is 6.27. The molecule has 2 rings (SSSR count). The van der Waals surface area contributed by atoms with Gasteiger partial charge >= 0.3 is 12.0 Å². The number of amides is 2. The average Bonchev–Trinajstić information content (AvgIpc) is 2.87. The third kappa shape index (κ3) is 3.20. The number of urea groups is 1. The molecule has 1 saturated carbocycles. The summed E-state index contributed by atoms with van der Waals surface area (Å²) in [6.45, 7) is 0. The Labute approximate surface area is 117 Å². The van der Waals surface area contributed by atoms with Gasteiger partial charge in [0.25, 0.3) is 0 Å². The first-order valence-electron chi connectivity index (χ1n) is 6.55. The maximum atomic E-state index is 11.9. The zero-order chi connectivity index (χ0) is 14.5. The molecule has 1 fully saturated rings. The Hall–Kier alpha value is -2.24. The number of ether oxygens (including phenoxy) is 1. The van der Waals surface area contributed by atoms with E-state index in [0.29, 0.717) is 24.3 Å². The van der Waals surface area contributed by atoms with Gasteiger partial charge in [-0.3, -0.25) is 4.79 Å². The number of nitrogens with one attached hydrogen (secondary N) is 2. The van der Waals surface area contributed by atoms with E-state index in [1.54, 1.807) is 24.3 Å². The first kappa shape index (κ1) is 14.2. The maximum absolute atomic E-state index is 11.9. The molecule has 2 unspecified atom stereocenters. The molecule has 0 spiro atoms. The molecule has 3 N–H and O–H groups in total. The lowest BCUT2D eigenvalue weighted by Gasteiger charge is -2.18. The van der Waals surface area contributed by atoms with Gasteiger partial charge in [0.15, 0.2) is 0 Å². The van der Waals surface area contributed by atoms with Crippen LogP contribution in [0.25, 0.3) is 0 Å². The van der Waals surface area contributed by atoms with E-state index >= 15 is 0 Å². The largest absolute Gasteiger partial charge is 0.495 e. The summed E-state index contributed by atoms with van der Waals surface area (Å²) in [5.74, 6) is -0.799. The van der Waals surface area contributed by atoms with E-state index in [-0.39, 0.29) is 6.04 Å². The SMILES string of the molecule is COc1ccccc1NC(=O)NC1CCCC1C(=O)O. The van der Waals surface area contributed by atoms with E-state index in [9.17, 15) is 9.59 Å². The molecule has 0 heterocycles. The number of carboxylic acids is 1. The Kier molecular flexibility index (Phi) is 4.45. The van der Waals surface area contributed by atoms with Crippen LogP contribution < -0.4 is 15.4 Å². The van der Waals surface area contributed by atoms with Gasteiger partial charge in [-0.15, -0.1) is 0 Å². The first-order chi connectivity index (χ1) is 9.61. The number of aliphatic carboxylic acids is 1. The Morgan fingerprint density at radius 2 is 2.05 bits per heavy atom. The highest BCUT2D eigenvalue weighted by Gasteiger charge is 2.33. The van der Waals surface area contributed by atoms with Crippen LogP contribution in [0.5, 0.6) is 5.75 Å². The van der Waals surface area contributed by atoms with Crippen molar-refractivity contribution in [3.63, 3.8) is 0 Å². The van der Waals surface area contributed by atoms with Crippen LogP contribution in [0.4, 0.5) is 10.5 Å². The number of methoxy groups -OCH3 is 1. The summed E-state index contributed by atoms with van der Waals surface area (Å²) in [7, 11) is 1.52. The third-order valence-electron chi connectivity index (χ3n) is 3.50. The molecular formula is C14H18N2O4. The predicted octanol–water partition coefficient (Wildman–Crippen LogP) is 2.07. The minimum Gasteiger partial charge on any atom is -0.495 e. The third-order valence-corrected chi connectivity index (χ3v) is 3.50. The fourth-order valence-corrected chi connectivity index (χ4v) is 2.50. The van der Waals surface area contributed by atoms with Crippen molar-refractivity contribution < 1.29 is 19.4 Å². The lowest BCUT2D eigenvalue weighted by molar-refractivity contribution is -0.142. The smallest absolute Gasteiger partial charge is 0.319 e. The second-order valence-corrected chi connectivity index (χ2v) is 4.78. The van der Waals surface area contributed by atoms with E-state index < -0.39 is 17.9 Å². The molecule has 1 aliphatic rings. The summed E-state index contributed by atoms with van der Waals surface area (Å²) in [5.41, 5.74) is 0.553. The fourth-order valence-electron chi connectivity index (χ4n) is 2.50. The maximum Gasteiger partial charge on any atom is 0.319 e. The molecule has 0 saturated heterocycles. The van der Waals surface area contributed by atoms with E-state index in [2.05, 4.69) is 10.6 Å². The van der Waals surface area contributed by atoms with Crippen molar-refractivity contribution in [1.82, 2.24) is 5.32 Å². The molecule has 2 atom stereocenters. The van der Waals surface area contributed by atoms with Crippen molar-refractivity contribution >= 4 is 17.7 Å². The number of para-hydroxylation sites is 2. The van der Waals surface area contributed by atoms with Crippen LogP contribution in [-0.2, 0) is 4.79 Å². The van der Waals surface area contributed by atoms with Gasteiger partial charge in [-0.25, -0.2) is 4.79 Å². The number of rotatable bonds is 4. The Morgan fingerprint density at radius 3 is 2.75 bits per heavy atom. The van der Waals surface area contributed by atoms with E-state index in [4.69, 9.17) is 9.84 Å². The number of hydrogen-bond acceptors (Lipinski definition) is 3. The molecule has 0 bridgehead atoms. The first-order valence-corrected chi connectivity index (χ1v) is 6.55. The molecule has 1 aromatic rings. The molecule has 0 aliphatic heterocycles. The summed E-state index contributed by atoms with van der Waals surface area (Å²) in [6, 6.07) is 6.33. The van der Waals surface area contributed by atoms with Crippen molar-refractivity contribution in [1.29, 1.82) is 0 Å². The Balaban J connectivity index is 1.97. The van der Waals surface area contributed by atoms with Gasteiger partial charge in [0.1, 0.15) is 5.75 Å². The van der Waals surface area contributed by atoms with Crippen LogP contribution >= 0.6 is 0 Å². The van der Waals surface area contributed by atoms with Gasteiger partial charge < -0.3 is 20.5 Å². The summed E-state index contributed by atoms with van der Waals surface area (Å²) in [6.07, 6.45) is 2.11. The molecule has 20 heavy (non-hydrogen) atoms. The molecule has 108 valence electrons. The molecule has 1 aromatic carbocycles. The van der Waals surface area contributed by atoms with Crippen molar-refractivity contribution in [2.24, 2.45) is 5.92 Å². The van der Waals surface area contributed by atoms with Gasteiger partial charge in [0.05, 0.1) is 18.7 Å². The summed E-state index contributed by atoms with van der Waals surface area (Å²) >= 11 is 0. The van der Waals surface area contributed by atoms with Gasteiger partial charge in [0, 0.05) is 6.04 Å². The summed E-state index contributed by atoms with van der Waals surface area (Å²) in [4.78, 5) is 23.0. The van der Waals surface area contributed by atoms with Crippen molar-refractivity contribution in [2.45, 2.75) is 25.3 Å². The highest BCUT2D eigenvalue weighted by Crippen LogP contribution is 2.26. The lowest BCUT2D eigenvalue weighted by Crippen LogP contribution is -2.42. The van der Waals surface area contributed by atoms with Gasteiger partial charge in [-0.05, 0) is 25.0 Å². The number of hydrogen-bond donors (Lipinski definition) is 3. The Morgan fingerprint density at radius 1 is 1.30 bits per heavy atom. The van der Waals surface area contributed by atoms with E-state index in [1.807, 2.05) is 0 Å². The number of carbonyl (C=O) groups is 2. The van der Waals surface area contributed by atoms with Gasteiger partial charge in [0.2, 0.25) is 0 Å². The molecule has 2 amide bonds. The highest BCUT2D eigenvalue weighted by atomic mass is 16.5. The average molecular weight is 278 g/mol. The zero-order valence-corrected chi connectivity index (χ0v) is 11.3. The number of anilines is 1. The predicted molar refractivity (Wildman–Crippen MR) is 73.9 cm³/mol. The van der Waals surface area contributed by atoms with Crippen LogP contribution in [-0.4, -0.2) is 30.3 Å². The number of carboxylic acid groups (broad SMARTS) is 1. The van der Waals surface area contributed by atoms with Crippen molar-refractivity contribution in [3.05, 3.63) is 24.3 Å². The monoisotopic (exact) mass is 278 g/mol. The lowest BCUT2D eigenvalue weighted by atomic mass is 10.0. The van der Waals surface area contributed by atoms with Crippen LogP contribution in [0.15, 0.2) is 24.3 Å². The van der Waals surface area contributed by atoms with E-state index in [0.717, 1.165) is 6.42 Å². The van der Waals surface area contributed by atoms with Crippen LogP contribution in [0.1, 0.15) is 19.3 Å². The van der Waals surface area contributed by atoms with Crippen LogP contribution in [0.3, 0.4) is 0 Å². The molecule has 0 radical (unpaired) electrons. The summed E-state index contributed by atoms with van der Waals surface area (Å²) in [5, 5.41) is 14.5. The topological polar surface area (TPSA) is 87.7 Å². The van der Waals surface area contributed by atoms with Gasteiger partial charge in [-0.2, -0.15) is 0 Å². The van der Waals surface area contributed by atoms with Crippen molar-refractivity contribution in [2.75, 3.05) is 12.4 Å². The van der Waals surface area contributed by atoms with E-state index in [1.165, 1.54) is 7.11 Å². The molecule has 1 aliphatic carbocycles. The normalized spacial score (nSPS) is 21.2. The standard InChI is InChI=1S/C14H18N2O4/c1-20-12-8-3-2-6-11(12)16-14(19)15-10-7-4-5-9(10)13(17)18/h2-3,6,8-10H,4-5,7H2,1H3,(H,17,18)(H2,15,16,19). The van der Waals surface area contributed by atoms with Crippen LogP contribution in [0.2, 0.25) is 0 Å². The van der Waals surface area contributed by atoms with Crippen LogP contribution in [0, 0.1) is 5.92 Å². The minimum atomic E-state index is -0.856. The second-order valence-electron chi connectivity index (χ2n) is 4.78. The number of benzene rings is 1. The van der Waals surface area contributed by atoms with Crippen molar-refractivity contribution in [3.8, 4) is 5.75 Å². The molecule has 6 heteroatoms. The quantitative estimate of drug-likeness (QED) is 0.786. The number of carbonyl (C=O) groups excluding carboxylic acids is 1. The Bertz CT molecular complexity index is 504. The minimum absolute atomic E-state index is 0.317. The van der Waals surface area contributed by atoms with Gasteiger partial charge in [-0.1, -0.05) is 18.6 Å². The molecular weight excluding hydrogens is 260 g/mol. The fraction of sp³-hybridized carbons (Fsp3) is 0.429. The zero-order valence-electron chi connectivity index (χ0n) is 11.3.